The van der Waals surface area contributed by atoms with E-state index in [0.717, 1.165) is 5.56 Å². The van der Waals surface area contributed by atoms with E-state index in [4.69, 9.17) is 5.11 Å². The first-order chi connectivity index (χ1) is 8.95. The molecule has 0 atom stereocenters. The molecular weight excluding hydrogens is 240 g/mol. The van der Waals surface area contributed by atoms with E-state index in [-0.39, 0.29) is 17.9 Å². The number of carbonyl (C=O) groups is 1. The zero-order chi connectivity index (χ0) is 14.3. The molecule has 1 amide bonds. The van der Waals surface area contributed by atoms with Gasteiger partial charge in [-0.05, 0) is 23.1 Å². The smallest absolute Gasteiger partial charge is 0.251 e. The van der Waals surface area contributed by atoms with Crippen molar-refractivity contribution >= 4 is 5.91 Å². The summed E-state index contributed by atoms with van der Waals surface area (Å²) in [6, 6.07) is 7.72. The Hall–Kier alpha value is -1.39. The predicted molar refractivity (Wildman–Crippen MR) is 77.4 cm³/mol. The number of benzene rings is 1. The van der Waals surface area contributed by atoms with Gasteiger partial charge >= 0.3 is 0 Å². The van der Waals surface area contributed by atoms with Gasteiger partial charge in [0.25, 0.3) is 5.91 Å². The minimum atomic E-state index is -0.0584. The number of carbonyl (C=O) groups excluding carboxylic acids is 1. The van der Waals surface area contributed by atoms with Gasteiger partial charge in [0.1, 0.15) is 0 Å². The van der Waals surface area contributed by atoms with Gasteiger partial charge in [0, 0.05) is 25.2 Å². The van der Waals surface area contributed by atoms with Crippen LogP contribution in [0.2, 0.25) is 0 Å². The molecule has 0 bridgehead atoms. The van der Waals surface area contributed by atoms with Gasteiger partial charge in [-0.1, -0.05) is 32.9 Å². The Bertz CT molecular complexity index is 411. The Morgan fingerprint density at radius 3 is 2.58 bits per heavy atom. The third-order valence-electron chi connectivity index (χ3n) is 2.87. The van der Waals surface area contributed by atoms with Crippen molar-refractivity contribution in [2.24, 2.45) is 0 Å². The molecule has 0 aliphatic carbocycles. The maximum absolute atomic E-state index is 12.0. The number of aliphatic hydroxyl groups is 1. The molecular formula is C15H24N2O2. The summed E-state index contributed by atoms with van der Waals surface area (Å²) in [5.41, 5.74) is 1.88. The van der Waals surface area contributed by atoms with E-state index in [9.17, 15) is 4.79 Å². The van der Waals surface area contributed by atoms with Crippen molar-refractivity contribution in [2.45, 2.75) is 26.2 Å². The van der Waals surface area contributed by atoms with Gasteiger partial charge in [-0.3, -0.25) is 4.79 Å². The predicted octanol–water partition coefficient (Wildman–Crippen LogP) is 1.30. The zero-order valence-electron chi connectivity index (χ0n) is 12.0. The van der Waals surface area contributed by atoms with Gasteiger partial charge < -0.3 is 15.7 Å². The number of aliphatic hydroxyl groups excluding tert-OH is 1. The van der Waals surface area contributed by atoms with Gasteiger partial charge in [-0.15, -0.1) is 0 Å². The Morgan fingerprint density at radius 1 is 1.21 bits per heavy atom. The fraction of sp³-hybridized carbons (Fsp3) is 0.533. The molecule has 0 unspecified atom stereocenters. The van der Waals surface area contributed by atoms with Crippen molar-refractivity contribution in [1.82, 2.24) is 10.6 Å². The molecule has 0 heterocycles. The molecule has 3 N–H and O–H groups in total. The summed E-state index contributed by atoms with van der Waals surface area (Å²) in [6.07, 6.45) is 0. The van der Waals surface area contributed by atoms with Crippen molar-refractivity contribution in [3.8, 4) is 0 Å². The minimum absolute atomic E-state index is 0.0406. The zero-order valence-corrected chi connectivity index (χ0v) is 12.0. The van der Waals surface area contributed by atoms with Crippen LogP contribution in [0.5, 0.6) is 0 Å². The van der Waals surface area contributed by atoms with Crippen LogP contribution in [0.15, 0.2) is 24.3 Å². The minimum Gasteiger partial charge on any atom is -0.395 e. The lowest BCUT2D eigenvalue weighted by Crippen LogP contribution is -2.33. The highest BCUT2D eigenvalue weighted by Gasteiger charge is 2.15. The van der Waals surface area contributed by atoms with E-state index in [1.165, 1.54) is 0 Å². The van der Waals surface area contributed by atoms with E-state index < -0.39 is 0 Å². The number of amides is 1. The number of hydrogen-bond acceptors (Lipinski definition) is 3. The fourth-order valence-electron chi connectivity index (χ4n) is 1.70. The van der Waals surface area contributed by atoms with Gasteiger partial charge in [0.15, 0.2) is 0 Å². The van der Waals surface area contributed by atoms with E-state index >= 15 is 0 Å². The third kappa shape index (κ3) is 5.41. The van der Waals surface area contributed by atoms with Crippen molar-refractivity contribution in [3.63, 3.8) is 0 Å². The standard InChI is InChI=1S/C15H24N2O2/c1-15(2,3)13-6-4-5-12(11-13)14(19)17-8-7-16-9-10-18/h4-6,11,16,18H,7-10H2,1-3H3,(H,17,19). The van der Waals surface area contributed by atoms with Gasteiger partial charge in [-0.2, -0.15) is 0 Å². The average molecular weight is 264 g/mol. The van der Waals surface area contributed by atoms with Gasteiger partial charge in [0.05, 0.1) is 6.61 Å². The van der Waals surface area contributed by atoms with Gasteiger partial charge in [-0.25, -0.2) is 0 Å². The van der Waals surface area contributed by atoms with Crippen LogP contribution >= 0.6 is 0 Å². The molecule has 1 rings (SSSR count). The van der Waals surface area contributed by atoms with Crippen LogP contribution in [-0.2, 0) is 5.41 Å². The summed E-state index contributed by atoms with van der Waals surface area (Å²) < 4.78 is 0. The summed E-state index contributed by atoms with van der Waals surface area (Å²) in [6.45, 7) is 8.26. The molecule has 0 radical (unpaired) electrons. The average Bonchev–Trinajstić information content (AvgIpc) is 2.37. The normalized spacial score (nSPS) is 11.4. The molecule has 0 fully saturated rings. The Kier molecular flexibility index (Phi) is 5.99. The summed E-state index contributed by atoms with van der Waals surface area (Å²) >= 11 is 0. The summed E-state index contributed by atoms with van der Waals surface area (Å²) in [4.78, 5) is 12.0. The molecule has 1 aromatic rings. The fourth-order valence-corrected chi connectivity index (χ4v) is 1.70. The molecule has 4 heteroatoms. The molecule has 19 heavy (non-hydrogen) atoms. The molecule has 4 nitrogen and oxygen atoms in total. The van der Waals surface area contributed by atoms with Crippen LogP contribution < -0.4 is 10.6 Å². The molecule has 0 spiro atoms. The first-order valence-corrected chi connectivity index (χ1v) is 6.65. The lowest BCUT2D eigenvalue weighted by molar-refractivity contribution is 0.0953. The highest BCUT2D eigenvalue weighted by atomic mass is 16.3. The quantitative estimate of drug-likeness (QED) is 0.679. The molecule has 0 saturated heterocycles. The van der Waals surface area contributed by atoms with Crippen molar-refractivity contribution in [1.29, 1.82) is 0 Å². The Morgan fingerprint density at radius 2 is 1.95 bits per heavy atom. The van der Waals surface area contributed by atoms with E-state index in [0.29, 0.717) is 25.2 Å². The second-order valence-corrected chi connectivity index (χ2v) is 5.56. The van der Waals surface area contributed by atoms with Crippen LogP contribution in [0.25, 0.3) is 0 Å². The lowest BCUT2D eigenvalue weighted by Gasteiger charge is -2.19. The number of nitrogens with one attached hydrogen (secondary N) is 2. The van der Waals surface area contributed by atoms with Crippen LogP contribution in [0.1, 0.15) is 36.7 Å². The maximum Gasteiger partial charge on any atom is 0.251 e. The van der Waals surface area contributed by atoms with Crippen LogP contribution in [0, 0.1) is 0 Å². The molecule has 1 aromatic carbocycles. The Labute approximate surface area is 115 Å². The molecule has 0 saturated carbocycles. The lowest BCUT2D eigenvalue weighted by atomic mass is 9.86. The summed E-state index contributed by atoms with van der Waals surface area (Å²) in [7, 11) is 0. The molecule has 0 aliphatic rings. The first-order valence-electron chi connectivity index (χ1n) is 6.65. The second-order valence-electron chi connectivity index (χ2n) is 5.56. The highest BCUT2D eigenvalue weighted by molar-refractivity contribution is 5.94. The second kappa shape index (κ2) is 7.26. The highest BCUT2D eigenvalue weighted by Crippen LogP contribution is 2.22. The van der Waals surface area contributed by atoms with Crippen LogP contribution in [0.3, 0.4) is 0 Å². The van der Waals surface area contributed by atoms with Crippen molar-refractivity contribution in [2.75, 3.05) is 26.2 Å². The SMILES string of the molecule is CC(C)(C)c1cccc(C(=O)NCCNCCO)c1. The topological polar surface area (TPSA) is 61.4 Å². The summed E-state index contributed by atoms with van der Waals surface area (Å²) in [5.74, 6) is -0.0584. The largest absolute Gasteiger partial charge is 0.395 e. The van der Waals surface area contributed by atoms with E-state index in [1.54, 1.807) is 0 Å². The molecule has 0 aromatic heterocycles. The first kappa shape index (κ1) is 15.7. The molecule has 0 aliphatic heterocycles. The van der Waals surface area contributed by atoms with Crippen molar-refractivity contribution in [3.05, 3.63) is 35.4 Å². The van der Waals surface area contributed by atoms with E-state index in [1.807, 2.05) is 24.3 Å². The van der Waals surface area contributed by atoms with E-state index in [2.05, 4.69) is 31.4 Å². The van der Waals surface area contributed by atoms with Crippen LogP contribution in [0.4, 0.5) is 0 Å². The van der Waals surface area contributed by atoms with Gasteiger partial charge in [0.2, 0.25) is 0 Å². The monoisotopic (exact) mass is 264 g/mol. The van der Waals surface area contributed by atoms with Crippen molar-refractivity contribution < 1.29 is 9.90 Å². The molecule has 106 valence electrons. The Balaban J connectivity index is 2.53. The third-order valence-corrected chi connectivity index (χ3v) is 2.87. The number of rotatable bonds is 6. The van der Waals surface area contributed by atoms with Crippen LogP contribution in [-0.4, -0.2) is 37.3 Å². The maximum atomic E-state index is 12.0. The number of hydrogen-bond donors (Lipinski definition) is 3. The summed E-state index contributed by atoms with van der Waals surface area (Å²) in [5, 5.41) is 14.5.